The zero-order chi connectivity index (χ0) is 23.3. The van der Waals surface area contributed by atoms with Crippen LogP contribution >= 0.6 is 15.9 Å². The standard InChI is InChI=1S/C24H33BrN2O5/c1-3-32-24(31)23(30)27-12-8-19(9-13-27)18-6-10-26(11-7-18)22(29)16(2)14-17-4-5-21(28)20(25)15-17/h4-5,15-16,18-19,28H,3,6-14H2,1-2H3/t16-/m1/s1. The van der Waals surface area contributed by atoms with Crippen molar-refractivity contribution in [3.63, 3.8) is 0 Å². The molecule has 7 nitrogen and oxygen atoms in total. The molecule has 0 unspecified atom stereocenters. The summed E-state index contributed by atoms with van der Waals surface area (Å²) < 4.78 is 5.46. The molecule has 2 amide bonds. The zero-order valence-electron chi connectivity index (χ0n) is 18.9. The highest BCUT2D eigenvalue weighted by Crippen LogP contribution is 2.33. The minimum Gasteiger partial charge on any atom is -0.507 e. The summed E-state index contributed by atoms with van der Waals surface area (Å²) in [5, 5.41) is 9.65. The summed E-state index contributed by atoms with van der Waals surface area (Å²) >= 11 is 3.33. The van der Waals surface area contributed by atoms with Crippen molar-refractivity contribution in [1.82, 2.24) is 9.80 Å². The van der Waals surface area contributed by atoms with E-state index in [0.717, 1.165) is 44.3 Å². The van der Waals surface area contributed by atoms with Crippen molar-refractivity contribution in [3.8, 4) is 5.75 Å². The van der Waals surface area contributed by atoms with Gasteiger partial charge in [0.25, 0.3) is 0 Å². The van der Waals surface area contributed by atoms with Gasteiger partial charge in [0.15, 0.2) is 0 Å². The minimum atomic E-state index is -0.758. The van der Waals surface area contributed by atoms with Gasteiger partial charge in [-0.05, 0) is 84.5 Å². The van der Waals surface area contributed by atoms with E-state index in [-0.39, 0.29) is 24.2 Å². The van der Waals surface area contributed by atoms with E-state index < -0.39 is 11.9 Å². The highest BCUT2D eigenvalue weighted by atomic mass is 79.9. The normalized spacial score (nSPS) is 19.0. The van der Waals surface area contributed by atoms with Crippen LogP contribution in [0.4, 0.5) is 0 Å². The van der Waals surface area contributed by atoms with Gasteiger partial charge in [-0.1, -0.05) is 13.0 Å². The number of nitrogens with zero attached hydrogens (tertiary/aromatic N) is 2. The number of hydrogen-bond donors (Lipinski definition) is 1. The Labute approximate surface area is 198 Å². The second-order valence-corrected chi connectivity index (χ2v) is 9.76. The van der Waals surface area contributed by atoms with Gasteiger partial charge in [0.2, 0.25) is 5.91 Å². The van der Waals surface area contributed by atoms with Crippen LogP contribution in [0.25, 0.3) is 0 Å². The molecule has 2 heterocycles. The van der Waals surface area contributed by atoms with Crippen molar-refractivity contribution in [2.75, 3.05) is 32.8 Å². The number of carbonyl (C=O) groups is 3. The SMILES string of the molecule is CCOC(=O)C(=O)N1CCC(C2CCN(C(=O)[C@H](C)Cc3ccc(O)c(Br)c3)CC2)CC1. The van der Waals surface area contributed by atoms with Crippen molar-refractivity contribution < 1.29 is 24.2 Å². The van der Waals surface area contributed by atoms with Crippen LogP contribution in [0.3, 0.4) is 0 Å². The van der Waals surface area contributed by atoms with Crippen molar-refractivity contribution >= 4 is 33.7 Å². The van der Waals surface area contributed by atoms with Gasteiger partial charge in [-0.25, -0.2) is 4.79 Å². The van der Waals surface area contributed by atoms with Crippen LogP contribution in [0.1, 0.15) is 45.1 Å². The molecule has 0 spiro atoms. The van der Waals surface area contributed by atoms with Gasteiger partial charge in [-0.15, -0.1) is 0 Å². The highest BCUT2D eigenvalue weighted by molar-refractivity contribution is 9.10. The fourth-order valence-corrected chi connectivity index (χ4v) is 5.34. The van der Waals surface area contributed by atoms with E-state index in [2.05, 4.69) is 15.9 Å². The van der Waals surface area contributed by atoms with Crippen LogP contribution < -0.4 is 0 Å². The number of benzene rings is 1. The summed E-state index contributed by atoms with van der Waals surface area (Å²) in [6, 6.07) is 5.37. The first-order chi connectivity index (χ1) is 15.3. The number of rotatable bonds is 5. The Kier molecular flexibility index (Phi) is 8.57. The molecule has 3 rings (SSSR count). The van der Waals surface area contributed by atoms with Crippen molar-refractivity contribution in [2.24, 2.45) is 17.8 Å². The monoisotopic (exact) mass is 508 g/mol. The molecule has 1 atom stereocenters. The molecule has 0 aromatic heterocycles. The van der Waals surface area contributed by atoms with Crippen LogP contribution in [-0.4, -0.2) is 65.5 Å². The largest absolute Gasteiger partial charge is 0.507 e. The van der Waals surface area contributed by atoms with Gasteiger partial charge in [0.1, 0.15) is 5.75 Å². The van der Waals surface area contributed by atoms with Crippen LogP contribution in [0.5, 0.6) is 5.75 Å². The summed E-state index contributed by atoms with van der Waals surface area (Å²) in [5.41, 5.74) is 1.02. The number of ether oxygens (including phenoxy) is 1. The molecular formula is C24H33BrN2O5. The van der Waals surface area contributed by atoms with Crippen LogP contribution in [0, 0.1) is 17.8 Å². The van der Waals surface area contributed by atoms with E-state index >= 15 is 0 Å². The minimum absolute atomic E-state index is 0.111. The molecule has 2 aliphatic heterocycles. The number of halogens is 1. The Hall–Kier alpha value is -2.09. The first-order valence-corrected chi connectivity index (χ1v) is 12.3. The number of phenolic OH excluding ortho intramolecular Hbond substituents is 1. The molecular weight excluding hydrogens is 476 g/mol. The Morgan fingerprint density at radius 3 is 2.16 bits per heavy atom. The zero-order valence-corrected chi connectivity index (χ0v) is 20.5. The van der Waals surface area contributed by atoms with Crippen LogP contribution in [0.15, 0.2) is 22.7 Å². The lowest BCUT2D eigenvalue weighted by molar-refractivity contribution is -0.160. The number of likely N-dealkylation sites (tertiary alicyclic amines) is 2. The van der Waals surface area contributed by atoms with Gasteiger partial charge in [0.05, 0.1) is 11.1 Å². The maximum Gasteiger partial charge on any atom is 0.397 e. The average Bonchev–Trinajstić information content (AvgIpc) is 2.81. The number of aromatic hydroxyl groups is 1. The molecule has 176 valence electrons. The quantitative estimate of drug-likeness (QED) is 0.486. The molecule has 2 aliphatic rings. The topological polar surface area (TPSA) is 87.2 Å². The number of esters is 1. The van der Waals surface area contributed by atoms with E-state index in [0.29, 0.717) is 35.8 Å². The molecule has 8 heteroatoms. The number of carbonyl (C=O) groups excluding carboxylic acids is 3. The van der Waals surface area contributed by atoms with E-state index in [1.54, 1.807) is 17.9 Å². The number of phenols is 1. The van der Waals surface area contributed by atoms with Gasteiger partial charge >= 0.3 is 11.9 Å². The fraction of sp³-hybridized carbons (Fsp3) is 0.625. The maximum atomic E-state index is 12.9. The summed E-state index contributed by atoms with van der Waals surface area (Å²) in [4.78, 5) is 40.3. The molecule has 0 radical (unpaired) electrons. The predicted molar refractivity (Wildman–Crippen MR) is 124 cm³/mol. The van der Waals surface area contributed by atoms with Crippen molar-refractivity contribution in [2.45, 2.75) is 46.0 Å². The molecule has 32 heavy (non-hydrogen) atoms. The highest BCUT2D eigenvalue weighted by Gasteiger charge is 2.34. The Bertz CT molecular complexity index is 830. The third-order valence-corrected chi connectivity index (χ3v) is 7.41. The second kappa shape index (κ2) is 11.2. The second-order valence-electron chi connectivity index (χ2n) is 8.90. The predicted octanol–water partition coefficient (Wildman–Crippen LogP) is 3.37. The van der Waals surface area contributed by atoms with Gasteiger partial charge < -0.3 is 19.6 Å². The molecule has 0 aliphatic carbocycles. The number of amides is 2. The van der Waals surface area contributed by atoms with Gasteiger partial charge in [0, 0.05) is 32.1 Å². The van der Waals surface area contributed by atoms with E-state index in [1.165, 1.54) is 0 Å². The van der Waals surface area contributed by atoms with E-state index in [1.807, 2.05) is 24.0 Å². The Balaban J connectivity index is 1.43. The third kappa shape index (κ3) is 6.03. The Morgan fingerprint density at radius 1 is 1.06 bits per heavy atom. The number of piperidine rings is 2. The van der Waals surface area contributed by atoms with Crippen molar-refractivity contribution in [1.29, 1.82) is 0 Å². The average molecular weight is 509 g/mol. The first kappa shape index (κ1) is 24.6. The molecule has 2 saturated heterocycles. The summed E-state index contributed by atoms with van der Waals surface area (Å²) in [7, 11) is 0. The maximum absolute atomic E-state index is 12.9. The lowest BCUT2D eigenvalue weighted by Crippen LogP contribution is -2.46. The molecule has 0 saturated carbocycles. The third-order valence-electron chi connectivity index (χ3n) is 6.77. The summed E-state index contributed by atoms with van der Waals surface area (Å²) in [6.07, 6.45) is 4.41. The lowest BCUT2D eigenvalue weighted by atomic mass is 9.78. The molecule has 2 fully saturated rings. The molecule has 0 bridgehead atoms. The molecule has 1 N–H and O–H groups in total. The Morgan fingerprint density at radius 2 is 1.62 bits per heavy atom. The lowest BCUT2D eigenvalue weighted by Gasteiger charge is -2.40. The summed E-state index contributed by atoms with van der Waals surface area (Å²) in [6.45, 7) is 6.61. The first-order valence-electron chi connectivity index (χ1n) is 11.5. The fourth-order valence-electron chi connectivity index (χ4n) is 4.92. The van der Waals surface area contributed by atoms with E-state index in [9.17, 15) is 19.5 Å². The summed E-state index contributed by atoms with van der Waals surface area (Å²) in [5.74, 6) is 0.0768. The molecule has 1 aromatic rings. The van der Waals surface area contributed by atoms with Gasteiger partial charge in [-0.2, -0.15) is 0 Å². The van der Waals surface area contributed by atoms with E-state index in [4.69, 9.17) is 4.74 Å². The molecule has 1 aromatic carbocycles. The number of hydrogen-bond acceptors (Lipinski definition) is 5. The van der Waals surface area contributed by atoms with Crippen LogP contribution in [-0.2, 0) is 25.5 Å². The van der Waals surface area contributed by atoms with Gasteiger partial charge in [-0.3, -0.25) is 9.59 Å². The van der Waals surface area contributed by atoms with Crippen molar-refractivity contribution in [3.05, 3.63) is 28.2 Å². The van der Waals surface area contributed by atoms with Crippen LogP contribution in [0.2, 0.25) is 0 Å². The smallest absolute Gasteiger partial charge is 0.397 e.